The Morgan fingerprint density at radius 3 is 2.44 bits per heavy atom. The van der Waals surface area contributed by atoms with Gasteiger partial charge in [-0.1, -0.05) is 60.3 Å². The van der Waals surface area contributed by atoms with Crippen LogP contribution in [0.3, 0.4) is 0 Å². The van der Waals surface area contributed by atoms with Crippen LogP contribution in [0.25, 0.3) is 17.1 Å². The number of thioether (sulfide) groups is 1. The Hall–Kier alpha value is -3.26. The molecule has 0 saturated heterocycles. The Balaban J connectivity index is 1.75. The molecule has 0 bridgehead atoms. The van der Waals surface area contributed by atoms with Crippen LogP contribution in [0.2, 0.25) is 0 Å². The average Bonchev–Trinajstić information content (AvgIpc) is 3.21. The summed E-state index contributed by atoms with van der Waals surface area (Å²) in [7, 11) is 1.59. The van der Waals surface area contributed by atoms with E-state index in [2.05, 4.69) is 10.2 Å². The van der Waals surface area contributed by atoms with E-state index in [1.807, 2.05) is 60.0 Å². The van der Waals surface area contributed by atoms with Gasteiger partial charge in [-0.15, -0.1) is 10.2 Å². The second-order valence-corrected chi connectivity index (χ2v) is 8.06. The van der Waals surface area contributed by atoms with E-state index in [0.29, 0.717) is 28.0 Å². The van der Waals surface area contributed by atoms with E-state index in [-0.39, 0.29) is 0 Å². The zero-order valence-electron chi connectivity index (χ0n) is 17.4. The van der Waals surface area contributed by atoms with E-state index in [9.17, 15) is 13.2 Å². The number of halogens is 3. The van der Waals surface area contributed by atoms with Crippen molar-refractivity contribution in [3.63, 3.8) is 0 Å². The second kappa shape index (κ2) is 9.08. The summed E-state index contributed by atoms with van der Waals surface area (Å²) in [6.07, 6.45) is -4.38. The van der Waals surface area contributed by atoms with Crippen molar-refractivity contribution in [2.75, 3.05) is 7.11 Å². The predicted molar refractivity (Wildman–Crippen MR) is 119 cm³/mol. The van der Waals surface area contributed by atoms with Crippen molar-refractivity contribution in [3.8, 4) is 22.8 Å². The van der Waals surface area contributed by atoms with Gasteiger partial charge in [0.05, 0.1) is 23.9 Å². The quantitative estimate of drug-likeness (QED) is 0.309. The summed E-state index contributed by atoms with van der Waals surface area (Å²) >= 11 is 1.33. The fourth-order valence-electron chi connectivity index (χ4n) is 3.38. The van der Waals surface area contributed by atoms with Gasteiger partial charge in [-0.2, -0.15) is 13.2 Å². The van der Waals surface area contributed by atoms with Crippen molar-refractivity contribution < 1.29 is 17.9 Å². The topological polar surface area (TPSA) is 39.9 Å². The molecule has 0 radical (unpaired) electrons. The van der Waals surface area contributed by atoms with Gasteiger partial charge in [-0.3, -0.25) is 4.57 Å². The standard InChI is InChI=1S/C24H20F3N3OS/c1-16-8-3-5-12-20(16)30-22(19-11-4-6-13-21(19)31-2)28-29-23(30)32-15-17-9-7-10-18(14-17)24(25,26)27/h3-14H,15H2,1-2H3. The second-order valence-electron chi connectivity index (χ2n) is 7.12. The summed E-state index contributed by atoms with van der Waals surface area (Å²) in [6.45, 7) is 1.99. The third kappa shape index (κ3) is 4.50. The maximum atomic E-state index is 13.1. The van der Waals surface area contributed by atoms with Gasteiger partial charge in [-0.25, -0.2) is 0 Å². The first-order chi connectivity index (χ1) is 15.4. The highest BCUT2D eigenvalue weighted by molar-refractivity contribution is 7.98. The van der Waals surface area contributed by atoms with Crippen LogP contribution in [0.5, 0.6) is 5.75 Å². The largest absolute Gasteiger partial charge is 0.496 e. The number of hydrogen-bond acceptors (Lipinski definition) is 4. The Bertz CT molecular complexity index is 1240. The number of aryl methyl sites for hydroxylation is 1. The van der Waals surface area contributed by atoms with Crippen LogP contribution in [0.15, 0.2) is 78.0 Å². The highest BCUT2D eigenvalue weighted by atomic mass is 32.2. The fourth-order valence-corrected chi connectivity index (χ4v) is 4.27. The molecule has 32 heavy (non-hydrogen) atoms. The van der Waals surface area contributed by atoms with Crippen molar-refractivity contribution in [3.05, 3.63) is 89.5 Å². The van der Waals surface area contributed by atoms with E-state index >= 15 is 0 Å². The predicted octanol–water partition coefficient (Wildman–Crippen LogP) is 6.56. The van der Waals surface area contributed by atoms with E-state index < -0.39 is 11.7 Å². The Kier molecular flexibility index (Phi) is 6.23. The molecule has 4 nitrogen and oxygen atoms in total. The lowest BCUT2D eigenvalue weighted by Crippen LogP contribution is -2.05. The van der Waals surface area contributed by atoms with Crippen LogP contribution < -0.4 is 4.74 Å². The number of alkyl halides is 3. The number of benzene rings is 3. The van der Waals surface area contributed by atoms with Gasteiger partial charge in [0, 0.05) is 5.75 Å². The van der Waals surface area contributed by atoms with Crippen molar-refractivity contribution >= 4 is 11.8 Å². The highest BCUT2D eigenvalue weighted by Gasteiger charge is 2.30. The smallest absolute Gasteiger partial charge is 0.416 e. The molecule has 0 fully saturated rings. The van der Waals surface area contributed by atoms with E-state index in [0.717, 1.165) is 22.9 Å². The number of rotatable bonds is 6. The molecule has 1 aromatic heterocycles. The lowest BCUT2D eigenvalue weighted by atomic mass is 10.1. The summed E-state index contributed by atoms with van der Waals surface area (Å²) in [6, 6.07) is 20.7. The molecule has 8 heteroatoms. The van der Waals surface area contributed by atoms with Crippen LogP contribution in [0.1, 0.15) is 16.7 Å². The summed E-state index contributed by atoms with van der Waals surface area (Å²) in [5.41, 5.74) is 2.58. The number of para-hydroxylation sites is 2. The molecule has 0 N–H and O–H groups in total. The number of hydrogen-bond donors (Lipinski definition) is 0. The van der Waals surface area contributed by atoms with Crippen molar-refractivity contribution in [2.24, 2.45) is 0 Å². The normalized spacial score (nSPS) is 11.5. The van der Waals surface area contributed by atoms with Crippen molar-refractivity contribution in [1.82, 2.24) is 14.8 Å². The average molecular weight is 456 g/mol. The van der Waals surface area contributed by atoms with Gasteiger partial charge < -0.3 is 4.74 Å². The molecular formula is C24H20F3N3OS. The van der Waals surface area contributed by atoms with Gasteiger partial charge in [0.2, 0.25) is 0 Å². The van der Waals surface area contributed by atoms with E-state index in [1.165, 1.54) is 23.9 Å². The molecule has 0 spiro atoms. The Labute approximate surface area is 188 Å². The third-order valence-corrected chi connectivity index (χ3v) is 5.96. The summed E-state index contributed by atoms with van der Waals surface area (Å²) in [5.74, 6) is 1.58. The molecule has 3 aromatic carbocycles. The molecule has 0 saturated carbocycles. The van der Waals surface area contributed by atoms with Gasteiger partial charge >= 0.3 is 6.18 Å². The van der Waals surface area contributed by atoms with Crippen LogP contribution in [-0.4, -0.2) is 21.9 Å². The summed E-state index contributed by atoms with van der Waals surface area (Å²) in [4.78, 5) is 0. The highest BCUT2D eigenvalue weighted by Crippen LogP contribution is 2.35. The van der Waals surface area contributed by atoms with E-state index in [1.54, 1.807) is 13.2 Å². The number of nitrogens with zero attached hydrogens (tertiary/aromatic N) is 3. The minimum absolute atomic E-state index is 0.319. The fraction of sp³-hybridized carbons (Fsp3) is 0.167. The van der Waals surface area contributed by atoms with Gasteiger partial charge in [0.15, 0.2) is 11.0 Å². The summed E-state index contributed by atoms with van der Waals surface area (Å²) < 4.78 is 46.7. The lowest BCUT2D eigenvalue weighted by molar-refractivity contribution is -0.137. The van der Waals surface area contributed by atoms with Crippen LogP contribution >= 0.6 is 11.8 Å². The van der Waals surface area contributed by atoms with E-state index in [4.69, 9.17) is 4.74 Å². The first-order valence-electron chi connectivity index (χ1n) is 9.82. The van der Waals surface area contributed by atoms with Crippen LogP contribution in [0.4, 0.5) is 13.2 Å². The molecule has 4 aromatic rings. The monoisotopic (exact) mass is 455 g/mol. The van der Waals surface area contributed by atoms with Crippen LogP contribution in [-0.2, 0) is 11.9 Å². The number of ether oxygens (including phenoxy) is 1. The maximum Gasteiger partial charge on any atom is 0.416 e. The maximum absolute atomic E-state index is 13.1. The third-order valence-electron chi connectivity index (χ3n) is 4.96. The molecular weight excluding hydrogens is 435 g/mol. The molecule has 0 atom stereocenters. The Morgan fingerprint density at radius 2 is 1.69 bits per heavy atom. The molecule has 0 aliphatic rings. The first-order valence-corrected chi connectivity index (χ1v) is 10.8. The molecule has 0 aliphatic heterocycles. The number of methoxy groups -OCH3 is 1. The SMILES string of the molecule is COc1ccccc1-c1nnc(SCc2cccc(C(F)(F)F)c2)n1-c1ccccc1C. The minimum atomic E-state index is -4.38. The summed E-state index contributed by atoms with van der Waals surface area (Å²) in [5, 5.41) is 9.36. The molecule has 0 unspecified atom stereocenters. The molecule has 0 aliphatic carbocycles. The van der Waals surface area contributed by atoms with Crippen LogP contribution in [0, 0.1) is 6.92 Å². The Morgan fingerprint density at radius 1 is 0.938 bits per heavy atom. The van der Waals surface area contributed by atoms with Gasteiger partial charge in [-0.05, 0) is 42.3 Å². The zero-order chi connectivity index (χ0) is 22.7. The molecule has 164 valence electrons. The number of aromatic nitrogens is 3. The zero-order valence-corrected chi connectivity index (χ0v) is 18.2. The lowest BCUT2D eigenvalue weighted by Gasteiger charge is -2.14. The molecule has 1 heterocycles. The van der Waals surface area contributed by atoms with Crippen molar-refractivity contribution in [1.29, 1.82) is 0 Å². The first kappa shape index (κ1) is 22.0. The van der Waals surface area contributed by atoms with Gasteiger partial charge in [0.1, 0.15) is 5.75 Å². The molecule has 4 rings (SSSR count). The van der Waals surface area contributed by atoms with Crippen molar-refractivity contribution in [2.45, 2.75) is 24.0 Å². The van der Waals surface area contributed by atoms with Gasteiger partial charge in [0.25, 0.3) is 0 Å². The molecule has 0 amide bonds. The minimum Gasteiger partial charge on any atom is -0.496 e.